The Morgan fingerprint density at radius 3 is 1.63 bits per heavy atom. The molecular formula is C54H40. The van der Waals surface area contributed by atoms with Crippen molar-refractivity contribution in [2.24, 2.45) is 0 Å². The van der Waals surface area contributed by atoms with E-state index in [1.54, 1.807) is 0 Å². The van der Waals surface area contributed by atoms with Gasteiger partial charge in [-0.15, -0.1) is 0 Å². The van der Waals surface area contributed by atoms with Crippen LogP contribution in [-0.2, 0) is 10.8 Å². The topological polar surface area (TPSA) is 0 Å². The molecule has 2 aliphatic carbocycles. The van der Waals surface area contributed by atoms with Crippen LogP contribution in [0.1, 0.15) is 49.9 Å². The zero-order valence-electron chi connectivity index (χ0n) is 31.2. The monoisotopic (exact) mass is 688 g/mol. The van der Waals surface area contributed by atoms with Crippen LogP contribution in [0.3, 0.4) is 0 Å². The molecule has 11 rings (SSSR count). The van der Waals surface area contributed by atoms with Gasteiger partial charge < -0.3 is 0 Å². The quantitative estimate of drug-likeness (QED) is 0.162. The number of hydrogen-bond donors (Lipinski definition) is 0. The first kappa shape index (κ1) is 31.3. The predicted octanol–water partition coefficient (Wildman–Crippen LogP) is 14.8. The number of fused-ring (bicyclic) bond motifs is 9. The summed E-state index contributed by atoms with van der Waals surface area (Å²) in [6.45, 7) is 9.54. The van der Waals surface area contributed by atoms with Crippen LogP contribution < -0.4 is 0 Å². The van der Waals surface area contributed by atoms with Gasteiger partial charge in [-0.2, -0.15) is 0 Å². The lowest BCUT2D eigenvalue weighted by Gasteiger charge is -2.26. The lowest BCUT2D eigenvalue weighted by atomic mass is 9.76. The number of hydrogen-bond acceptors (Lipinski definition) is 0. The lowest BCUT2D eigenvalue weighted by molar-refractivity contribution is 0.660. The van der Waals surface area contributed by atoms with E-state index in [2.05, 4.69) is 198 Å². The summed E-state index contributed by atoms with van der Waals surface area (Å²) < 4.78 is 0. The van der Waals surface area contributed by atoms with Crippen molar-refractivity contribution in [2.45, 2.75) is 38.5 Å². The molecule has 0 radical (unpaired) electrons. The SMILES string of the molecule is CC1(C)c2ccccc2-c2cc(-c3c4ccccc4c(-c4cccc5c4C(C)(C)c4ccccc4-5)c4ccc(-c5ccc6ccccc6c5)cc34)ccc21. The van der Waals surface area contributed by atoms with Crippen LogP contribution in [-0.4, -0.2) is 0 Å². The molecule has 256 valence electrons. The Kier molecular flexibility index (Phi) is 6.46. The molecule has 0 heteroatoms. The fraction of sp³-hybridized carbons (Fsp3) is 0.111. The van der Waals surface area contributed by atoms with Crippen LogP contribution in [0.25, 0.3) is 88.0 Å². The lowest BCUT2D eigenvalue weighted by Crippen LogP contribution is -2.16. The highest BCUT2D eigenvalue weighted by atomic mass is 14.4. The Balaban J connectivity index is 1.25. The first-order valence-electron chi connectivity index (χ1n) is 19.3. The minimum Gasteiger partial charge on any atom is -0.0619 e. The molecule has 54 heavy (non-hydrogen) atoms. The van der Waals surface area contributed by atoms with Gasteiger partial charge in [0, 0.05) is 10.8 Å². The fourth-order valence-corrected chi connectivity index (χ4v) is 10.3. The van der Waals surface area contributed by atoms with E-state index in [4.69, 9.17) is 0 Å². The summed E-state index contributed by atoms with van der Waals surface area (Å²) in [7, 11) is 0. The van der Waals surface area contributed by atoms with Crippen molar-refractivity contribution >= 4 is 32.3 Å². The maximum absolute atomic E-state index is 2.48. The van der Waals surface area contributed by atoms with Crippen molar-refractivity contribution in [1.82, 2.24) is 0 Å². The van der Waals surface area contributed by atoms with Crippen LogP contribution >= 0.6 is 0 Å². The summed E-state index contributed by atoms with van der Waals surface area (Å²) in [5, 5.41) is 7.67. The third kappa shape index (κ3) is 4.26. The van der Waals surface area contributed by atoms with E-state index in [0.29, 0.717) is 0 Å². The van der Waals surface area contributed by atoms with Gasteiger partial charge in [0.1, 0.15) is 0 Å². The summed E-state index contributed by atoms with van der Waals surface area (Å²) in [5.74, 6) is 0. The van der Waals surface area contributed by atoms with E-state index in [-0.39, 0.29) is 10.8 Å². The molecule has 2 aliphatic rings. The van der Waals surface area contributed by atoms with Gasteiger partial charge in [0.25, 0.3) is 0 Å². The Labute approximate surface area is 317 Å². The average Bonchev–Trinajstić information content (AvgIpc) is 3.59. The van der Waals surface area contributed by atoms with Crippen LogP contribution in [0.4, 0.5) is 0 Å². The molecule has 0 N–H and O–H groups in total. The van der Waals surface area contributed by atoms with Gasteiger partial charge in [0.05, 0.1) is 0 Å². The Hall–Kier alpha value is -6.24. The molecule has 9 aromatic carbocycles. The molecule has 0 aliphatic heterocycles. The second-order valence-corrected chi connectivity index (χ2v) is 16.4. The summed E-state index contributed by atoms with van der Waals surface area (Å²) in [6, 6.07) is 64.1. The third-order valence-electron chi connectivity index (χ3n) is 12.8. The van der Waals surface area contributed by atoms with Crippen molar-refractivity contribution in [3.8, 4) is 55.6 Å². The first-order valence-corrected chi connectivity index (χ1v) is 19.3. The van der Waals surface area contributed by atoms with E-state index in [1.807, 2.05) is 0 Å². The van der Waals surface area contributed by atoms with Crippen LogP contribution in [0.5, 0.6) is 0 Å². The molecule has 0 saturated carbocycles. The Morgan fingerprint density at radius 2 is 0.833 bits per heavy atom. The molecule has 9 aromatic rings. The van der Waals surface area contributed by atoms with Gasteiger partial charge >= 0.3 is 0 Å². The van der Waals surface area contributed by atoms with Crippen molar-refractivity contribution in [2.75, 3.05) is 0 Å². The summed E-state index contributed by atoms with van der Waals surface area (Å²) in [5.41, 5.74) is 18.5. The molecule has 0 aromatic heterocycles. The van der Waals surface area contributed by atoms with E-state index in [9.17, 15) is 0 Å². The van der Waals surface area contributed by atoms with Crippen LogP contribution in [0, 0.1) is 0 Å². The normalized spacial score (nSPS) is 14.6. The highest BCUT2D eigenvalue weighted by Gasteiger charge is 2.38. The largest absolute Gasteiger partial charge is 0.0619 e. The summed E-state index contributed by atoms with van der Waals surface area (Å²) >= 11 is 0. The van der Waals surface area contributed by atoms with Crippen molar-refractivity contribution < 1.29 is 0 Å². The van der Waals surface area contributed by atoms with Crippen molar-refractivity contribution in [3.05, 3.63) is 192 Å². The standard InChI is InChI=1S/C54H40/c1-53(2)47-22-11-10-17-39(47)45-32-37(27-29-49(45)53)50-40-18-7-8-19-41(40)51(44-21-13-20-43-38-16-9-12-23-48(38)54(3,4)52(43)44)42-28-26-36(31-46(42)50)35-25-24-33-14-5-6-15-34(33)30-35/h5-32H,1-4H3. The highest BCUT2D eigenvalue weighted by molar-refractivity contribution is 6.23. The highest BCUT2D eigenvalue weighted by Crippen LogP contribution is 2.55. The molecule has 0 spiro atoms. The molecule has 0 atom stereocenters. The number of rotatable bonds is 3. The predicted molar refractivity (Wildman–Crippen MR) is 230 cm³/mol. The maximum atomic E-state index is 2.48. The molecule has 0 amide bonds. The second kappa shape index (κ2) is 11.1. The minimum absolute atomic E-state index is 0.0419. The molecule has 0 fully saturated rings. The van der Waals surface area contributed by atoms with Gasteiger partial charge in [-0.05, 0) is 128 Å². The average molecular weight is 689 g/mol. The third-order valence-corrected chi connectivity index (χ3v) is 12.8. The second-order valence-electron chi connectivity index (χ2n) is 16.4. The van der Waals surface area contributed by atoms with Crippen LogP contribution in [0.2, 0.25) is 0 Å². The Morgan fingerprint density at radius 1 is 0.296 bits per heavy atom. The van der Waals surface area contributed by atoms with Gasteiger partial charge in [-0.1, -0.05) is 179 Å². The van der Waals surface area contributed by atoms with Gasteiger partial charge in [0.2, 0.25) is 0 Å². The summed E-state index contributed by atoms with van der Waals surface area (Å²) in [4.78, 5) is 0. The van der Waals surface area contributed by atoms with Crippen LogP contribution in [0.15, 0.2) is 170 Å². The first-order chi connectivity index (χ1) is 26.3. The molecule has 0 saturated heterocycles. The fourth-order valence-electron chi connectivity index (χ4n) is 10.3. The molecule has 0 nitrogen and oxygen atoms in total. The molecular weight excluding hydrogens is 649 g/mol. The molecule has 0 bridgehead atoms. The molecule has 0 heterocycles. The van der Waals surface area contributed by atoms with Gasteiger partial charge in [-0.25, -0.2) is 0 Å². The zero-order chi connectivity index (χ0) is 36.3. The van der Waals surface area contributed by atoms with Crippen molar-refractivity contribution in [3.63, 3.8) is 0 Å². The van der Waals surface area contributed by atoms with E-state index < -0.39 is 0 Å². The van der Waals surface area contributed by atoms with Gasteiger partial charge in [-0.3, -0.25) is 0 Å². The number of benzene rings is 9. The molecule has 0 unspecified atom stereocenters. The Bertz CT molecular complexity index is 3040. The van der Waals surface area contributed by atoms with E-state index in [1.165, 1.54) is 110 Å². The maximum Gasteiger partial charge on any atom is 0.0165 e. The van der Waals surface area contributed by atoms with E-state index in [0.717, 1.165) is 0 Å². The summed E-state index contributed by atoms with van der Waals surface area (Å²) in [6.07, 6.45) is 0. The van der Waals surface area contributed by atoms with E-state index >= 15 is 0 Å². The zero-order valence-corrected chi connectivity index (χ0v) is 31.2. The minimum atomic E-state index is -0.139. The smallest absolute Gasteiger partial charge is 0.0165 e. The van der Waals surface area contributed by atoms with Crippen molar-refractivity contribution in [1.29, 1.82) is 0 Å². The van der Waals surface area contributed by atoms with Gasteiger partial charge in [0.15, 0.2) is 0 Å².